The highest BCUT2D eigenvalue weighted by molar-refractivity contribution is 5.95. The van der Waals surface area contributed by atoms with Crippen molar-refractivity contribution >= 4 is 23.6 Å². The van der Waals surface area contributed by atoms with Crippen LogP contribution in [0.4, 0.5) is 0 Å². The van der Waals surface area contributed by atoms with Gasteiger partial charge in [-0.1, -0.05) is 60.7 Å². The van der Waals surface area contributed by atoms with E-state index in [9.17, 15) is 19.2 Å². The van der Waals surface area contributed by atoms with Crippen molar-refractivity contribution in [2.75, 3.05) is 27.2 Å². The predicted molar refractivity (Wildman–Crippen MR) is 180 cm³/mol. The number of likely N-dealkylation sites (N-methyl/N-ethyl adjacent to an activating group) is 1. The summed E-state index contributed by atoms with van der Waals surface area (Å²) in [6.45, 7) is 0.651. The maximum atomic E-state index is 14.4. The summed E-state index contributed by atoms with van der Waals surface area (Å²) in [6.07, 6.45) is 3.66. The van der Waals surface area contributed by atoms with Gasteiger partial charge in [0.25, 0.3) is 5.91 Å². The van der Waals surface area contributed by atoms with Crippen LogP contribution in [0.25, 0.3) is 0 Å². The van der Waals surface area contributed by atoms with Gasteiger partial charge in [0.15, 0.2) is 0 Å². The molecular weight excluding hydrogens is 594 g/mol. The second kappa shape index (κ2) is 16.2. The molecule has 4 N–H and O–H groups in total. The Morgan fingerprint density at radius 2 is 1.53 bits per heavy atom. The molecule has 0 saturated carbocycles. The molecule has 3 aromatic rings. The highest BCUT2D eigenvalue weighted by Crippen LogP contribution is 2.34. The minimum atomic E-state index is -0.900. The highest BCUT2D eigenvalue weighted by atomic mass is 16.5. The average Bonchev–Trinajstić information content (AvgIpc) is 3.49. The minimum Gasteiger partial charge on any atom is -0.497 e. The molecule has 0 spiro atoms. The molecule has 10 heteroatoms. The largest absolute Gasteiger partial charge is 0.497 e. The smallest absolute Gasteiger partial charge is 0.251 e. The van der Waals surface area contributed by atoms with Gasteiger partial charge in [-0.05, 0) is 81.0 Å². The third kappa shape index (κ3) is 8.56. The Bertz CT molecular complexity index is 1500. The number of fused-ring (bicyclic) bond motifs is 1. The van der Waals surface area contributed by atoms with Crippen LogP contribution in [0.2, 0.25) is 0 Å². The van der Waals surface area contributed by atoms with E-state index in [0.29, 0.717) is 50.6 Å². The van der Waals surface area contributed by atoms with Gasteiger partial charge in [-0.15, -0.1) is 0 Å². The maximum Gasteiger partial charge on any atom is 0.251 e. The molecule has 2 heterocycles. The lowest BCUT2D eigenvalue weighted by Crippen LogP contribution is -2.59. The van der Waals surface area contributed by atoms with Crippen molar-refractivity contribution in [1.82, 2.24) is 26.2 Å². The SMILES string of the molecule is CNC(Cc1ccccc1)C(=O)NC1C(=O)N2C(CC[C@@H]1CNC(=O)c1ccccc1)CC[C@H]2C(=O)NCCc1ccc(OC)cc1. The number of carbonyl (C=O) groups excluding carboxylic acids is 4. The van der Waals surface area contributed by atoms with E-state index in [1.807, 2.05) is 60.7 Å². The second-order valence-corrected chi connectivity index (χ2v) is 12.3. The van der Waals surface area contributed by atoms with E-state index in [-0.39, 0.29) is 42.1 Å². The van der Waals surface area contributed by atoms with Gasteiger partial charge < -0.3 is 30.9 Å². The molecule has 2 saturated heterocycles. The van der Waals surface area contributed by atoms with Crippen molar-refractivity contribution in [3.05, 3.63) is 102 Å². The van der Waals surface area contributed by atoms with Gasteiger partial charge in [0, 0.05) is 30.6 Å². The number of benzene rings is 3. The summed E-state index contributed by atoms with van der Waals surface area (Å²) in [4.78, 5) is 56.3. The van der Waals surface area contributed by atoms with Gasteiger partial charge >= 0.3 is 0 Å². The van der Waals surface area contributed by atoms with Gasteiger partial charge in [0.05, 0.1) is 13.2 Å². The van der Waals surface area contributed by atoms with Crippen LogP contribution in [-0.4, -0.2) is 79.9 Å². The van der Waals surface area contributed by atoms with E-state index in [4.69, 9.17) is 4.74 Å². The summed E-state index contributed by atoms with van der Waals surface area (Å²) in [5.74, 6) is -0.575. The fourth-order valence-electron chi connectivity index (χ4n) is 6.68. The molecule has 2 aliphatic heterocycles. The third-order valence-corrected chi connectivity index (χ3v) is 9.35. The Labute approximate surface area is 276 Å². The number of carbonyl (C=O) groups is 4. The molecule has 0 aliphatic carbocycles. The van der Waals surface area contributed by atoms with Gasteiger partial charge in [-0.25, -0.2) is 0 Å². The lowest BCUT2D eigenvalue weighted by Gasteiger charge is -2.33. The zero-order valence-electron chi connectivity index (χ0n) is 27.1. The summed E-state index contributed by atoms with van der Waals surface area (Å²) in [7, 11) is 3.35. The lowest BCUT2D eigenvalue weighted by molar-refractivity contribution is -0.143. The monoisotopic (exact) mass is 639 g/mol. The van der Waals surface area contributed by atoms with Crippen molar-refractivity contribution in [3.8, 4) is 5.75 Å². The van der Waals surface area contributed by atoms with Crippen molar-refractivity contribution in [2.24, 2.45) is 5.92 Å². The van der Waals surface area contributed by atoms with Crippen molar-refractivity contribution < 1.29 is 23.9 Å². The predicted octanol–water partition coefficient (Wildman–Crippen LogP) is 2.87. The van der Waals surface area contributed by atoms with E-state index in [2.05, 4.69) is 21.3 Å². The molecule has 10 nitrogen and oxygen atoms in total. The minimum absolute atomic E-state index is 0.113. The van der Waals surface area contributed by atoms with Crippen LogP contribution < -0.4 is 26.0 Å². The Morgan fingerprint density at radius 1 is 0.851 bits per heavy atom. The van der Waals surface area contributed by atoms with E-state index in [1.165, 1.54) is 0 Å². The Kier molecular flexibility index (Phi) is 11.6. The van der Waals surface area contributed by atoms with E-state index < -0.39 is 18.1 Å². The van der Waals surface area contributed by atoms with Crippen LogP contribution in [0.5, 0.6) is 5.75 Å². The van der Waals surface area contributed by atoms with Crippen LogP contribution in [0, 0.1) is 5.92 Å². The van der Waals surface area contributed by atoms with Gasteiger partial charge in [0.1, 0.15) is 17.8 Å². The number of methoxy groups -OCH3 is 1. The number of hydrogen-bond donors (Lipinski definition) is 4. The van der Waals surface area contributed by atoms with Crippen LogP contribution in [0.15, 0.2) is 84.9 Å². The van der Waals surface area contributed by atoms with Crippen LogP contribution in [0.3, 0.4) is 0 Å². The summed E-state index contributed by atoms with van der Waals surface area (Å²) >= 11 is 0. The molecule has 3 unspecified atom stereocenters. The van der Waals surface area contributed by atoms with Crippen molar-refractivity contribution in [3.63, 3.8) is 0 Å². The molecule has 47 heavy (non-hydrogen) atoms. The molecule has 5 atom stereocenters. The highest BCUT2D eigenvalue weighted by Gasteiger charge is 2.47. The van der Waals surface area contributed by atoms with E-state index in [0.717, 1.165) is 16.9 Å². The van der Waals surface area contributed by atoms with Crippen molar-refractivity contribution in [2.45, 2.75) is 62.7 Å². The second-order valence-electron chi connectivity index (χ2n) is 12.3. The fraction of sp³-hybridized carbons (Fsp3) is 0.405. The maximum absolute atomic E-state index is 14.4. The molecule has 0 aromatic heterocycles. The Hall–Kier alpha value is -4.70. The summed E-state index contributed by atoms with van der Waals surface area (Å²) in [5, 5.41) is 12.2. The van der Waals surface area contributed by atoms with E-state index >= 15 is 0 Å². The topological polar surface area (TPSA) is 129 Å². The van der Waals surface area contributed by atoms with Crippen LogP contribution in [0.1, 0.15) is 47.2 Å². The number of rotatable bonds is 13. The fourth-order valence-corrected chi connectivity index (χ4v) is 6.68. The first-order valence-corrected chi connectivity index (χ1v) is 16.5. The quantitative estimate of drug-likeness (QED) is 0.228. The molecular formula is C37H45N5O5. The number of ether oxygens (including phenoxy) is 1. The first-order valence-electron chi connectivity index (χ1n) is 16.5. The number of nitrogens with one attached hydrogen (secondary N) is 4. The summed E-state index contributed by atoms with van der Waals surface area (Å²) < 4.78 is 5.23. The lowest BCUT2D eigenvalue weighted by atomic mass is 9.92. The molecule has 4 amide bonds. The molecule has 3 aromatic carbocycles. The first-order chi connectivity index (χ1) is 22.9. The standard InChI is InChI=1S/C37H45N5O5/c1-38-31(23-26-9-5-3-6-10-26)35(44)41-33-28(24-40-34(43)27-11-7-4-8-12-27)15-16-29-17-20-32(42(29)37(33)46)36(45)39-22-21-25-13-18-30(47-2)19-14-25/h3-14,18-19,28-29,31-33,38H,15-17,20-24H2,1-2H3,(H,39,45)(H,40,43)(H,41,44)/t28-,29?,31?,32+,33?/m1/s1. The van der Waals surface area contributed by atoms with Gasteiger partial charge in [-0.2, -0.15) is 0 Å². The number of nitrogens with zero attached hydrogens (tertiary/aromatic N) is 1. The zero-order chi connectivity index (χ0) is 33.2. The molecule has 0 radical (unpaired) electrons. The summed E-state index contributed by atoms with van der Waals surface area (Å²) in [5.41, 5.74) is 2.59. The third-order valence-electron chi connectivity index (χ3n) is 9.35. The number of hydrogen-bond acceptors (Lipinski definition) is 6. The Balaban J connectivity index is 1.30. The first kappa shape index (κ1) is 33.7. The molecule has 2 fully saturated rings. The molecule has 5 rings (SSSR count). The molecule has 248 valence electrons. The van der Waals surface area contributed by atoms with Crippen LogP contribution >= 0.6 is 0 Å². The van der Waals surface area contributed by atoms with Gasteiger partial charge in [0.2, 0.25) is 17.7 Å². The van der Waals surface area contributed by atoms with E-state index in [1.54, 1.807) is 43.3 Å². The molecule has 0 bridgehead atoms. The van der Waals surface area contributed by atoms with Gasteiger partial charge in [-0.3, -0.25) is 19.2 Å². The van der Waals surface area contributed by atoms with Crippen LogP contribution in [-0.2, 0) is 27.2 Å². The average molecular weight is 640 g/mol. The normalized spacial score (nSPS) is 21.2. The Morgan fingerprint density at radius 3 is 2.21 bits per heavy atom. The molecule has 2 aliphatic rings. The van der Waals surface area contributed by atoms with Crippen molar-refractivity contribution in [1.29, 1.82) is 0 Å². The summed E-state index contributed by atoms with van der Waals surface area (Å²) in [6, 6.07) is 24.1. The number of amides is 4. The zero-order valence-corrected chi connectivity index (χ0v) is 27.1.